The number of hydrogen-bond acceptors (Lipinski definition) is 3. The molecule has 5 nitrogen and oxygen atoms in total. The van der Waals surface area contributed by atoms with Gasteiger partial charge in [-0.2, -0.15) is 0 Å². The maximum absolute atomic E-state index is 12.9. The monoisotopic (exact) mass is 376 g/mol. The quantitative estimate of drug-likeness (QED) is 0.635. The number of aromatic nitrogens is 1. The van der Waals surface area contributed by atoms with E-state index in [4.69, 9.17) is 11.5 Å². The summed E-state index contributed by atoms with van der Waals surface area (Å²) in [6.45, 7) is 5.42. The maximum Gasteiger partial charge on any atom is 0.253 e. The predicted molar refractivity (Wildman–Crippen MR) is 116 cm³/mol. The second kappa shape index (κ2) is 7.23. The highest BCUT2D eigenvalue weighted by Gasteiger charge is 2.27. The Bertz CT molecular complexity index is 1010. The molecule has 0 radical (unpaired) electrons. The van der Waals surface area contributed by atoms with Gasteiger partial charge in [0.15, 0.2) is 0 Å². The van der Waals surface area contributed by atoms with Crippen LogP contribution in [0.3, 0.4) is 0 Å². The van der Waals surface area contributed by atoms with E-state index in [1.165, 1.54) is 6.42 Å². The van der Waals surface area contributed by atoms with Gasteiger partial charge < -0.3 is 20.9 Å². The van der Waals surface area contributed by atoms with Crippen molar-refractivity contribution in [2.45, 2.75) is 39.2 Å². The van der Waals surface area contributed by atoms with Crippen molar-refractivity contribution >= 4 is 28.2 Å². The summed E-state index contributed by atoms with van der Waals surface area (Å²) in [7, 11) is 0. The van der Waals surface area contributed by atoms with Crippen LogP contribution in [0.1, 0.15) is 49.5 Å². The third-order valence-electron chi connectivity index (χ3n) is 5.97. The molecule has 1 amide bonds. The van der Waals surface area contributed by atoms with Crippen LogP contribution in [0.2, 0.25) is 0 Å². The van der Waals surface area contributed by atoms with Gasteiger partial charge in [-0.3, -0.25) is 4.79 Å². The Labute approximate surface area is 165 Å². The Morgan fingerprint density at radius 3 is 2.32 bits per heavy atom. The van der Waals surface area contributed by atoms with E-state index in [2.05, 4.69) is 4.57 Å². The summed E-state index contributed by atoms with van der Waals surface area (Å²) in [4.78, 5) is 14.7. The van der Waals surface area contributed by atoms with Crippen LogP contribution in [0, 0.1) is 0 Å². The molecule has 1 heterocycles. The molecule has 1 aliphatic rings. The minimum Gasteiger partial charge on any atom is -0.399 e. The standard InChI is InChI=1S/C23H28N4O/c1-3-26(4-2)23(28)16-10-13-19-20(14-16)27(18-6-5-7-18)22(21(19)25)15-8-11-17(24)12-9-15/h8-14,18H,3-7,24-25H2,1-2H3. The van der Waals surface area contributed by atoms with Gasteiger partial charge in [-0.25, -0.2) is 0 Å². The van der Waals surface area contributed by atoms with Gasteiger partial charge in [0.05, 0.1) is 16.9 Å². The lowest BCUT2D eigenvalue weighted by molar-refractivity contribution is 0.0773. The smallest absolute Gasteiger partial charge is 0.253 e. The van der Waals surface area contributed by atoms with Crippen molar-refractivity contribution in [3.8, 4) is 11.3 Å². The molecule has 2 aromatic carbocycles. The number of nitrogens with zero attached hydrogens (tertiary/aromatic N) is 2. The van der Waals surface area contributed by atoms with E-state index in [1.807, 2.05) is 61.2 Å². The first-order valence-corrected chi connectivity index (χ1v) is 10.1. The Morgan fingerprint density at radius 2 is 1.75 bits per heavy atom. The molecule has 28 heavy (non-hydrogen) atoms. The summed E-state index contributed by atoms with van der Waals surface area (Å²) >= 11 is 0. The minimum atomic E-state index is 0.0702. The molecule has 1 saturated carbocycles. The number of amides is 1. The molecule has 4 rings (SSSR count). The van der Waals surface area contributed by atoms with Crippen molar-refractivity contribution < 1.29 is 4.79 Å². The molecule has 1 aromatic heterocycles. The van der Waals surface area contributed by atoms with E-state index in [-0.39, 0.29) is 5.91 Å². The van der Waals surface area contributed by atoms with Crippen molar-refractivity contribution in [1.29, 1.82) is 0 Å². The molecular weight excluding hydrogens is 348 g/mol. The summed E-state index contributed by atoms with van der Waals surface area (Å²) in [6.07, 6.45) is 3.50. The Balaban J connectivity index is 1.91. The number of fused-ring (bicyclic) bond motifs is 1. The number of anilines is 2. The van der Waals surface area contributed by atoms with Crippen molar-refractivity contribution in [1.82, 2.24) is 9.47 Å². The van der Waals surface area contributed by atoms with Gasteiger partial charge in [0.25, 0.3) is 5.91 Å². The van der Waals surface area contributed by atoms with Crippen LogP contribution in [0.15, 0.2) is 42.5 Å². The molecule has 0 aliphatic heterocycles. The van der Waals surface area contributed by atoms with Crippen LogP contribution in [0.4, 0.5) is 11.4 Å². The molecule has 4 N–H and O–H groups in total. The molecule has 5 heteroatoms. The lowest BCUT2D eigenvalue weighted by atomic mass is 9.92. The van der Waals surface area contributed by atoms with E-state index in [9.17, 15) is 4.79 Å². The third kappa shape index (κ3) is 2.91. The lowest BCUT2D eigenvalue weighted by Crippen LogP contribution is -2.30. The van der Waals surface area contributed by atoms with Crippen LogP contribution in [0.5, 0.6) is 0 Å². The van der Waals surface area contributed by atoms with Crippen LogP contribution < -0.4 is 11.5 Å². The summed E-state index contributed by atoms with van der Waals surface area (Å²) in [5, 5.41) is 1.01. The molecular formula is C23H28N4O. The molecule has 146 valence electrons. The molecule has 3 aromatic rings. The predicted octanol–water partition coefficient (Wildman–Crippen LogP) is 4.68. The van der Waals surface area contributed by atoms with Gasteiger partial charge in [0.1, 0.15) is 0 Å². The van der Waals surface area contributed by atoms with Gasteiger partial charge in [-0.1, -0.05) is 12.1 Å². The number of rotatable bonds is 5. The summed E-state index contributed by atoms with van der Waals surface area (Å²) in [5.74, 6) is 0.0702. The number of hydrogen-bond donors (Lipinski definition) is 2. The summed E-state index contributed by atoms with van der Waals surface area (Å²) in [6, 6.07) is 14.2. The zero-order chi connectivity index (χ0) is 19.8. The number of benzene rings is 2. The normalized spacial score (nSPS) is 14.2. The Morgan fingerprint density at radius 1 is 1.07 bits per heavy atom. The number of carbonyl (C=O) groups excluding carboxylic acids is 1. The van der Waals surface area contributed by atoms with Crippen molar-refractivity contribution in [2.24, 2.45) is 0 Å². The summed E-state index contributed by atoms with van der Waals surface area (Å²) < 4.78 is 2.35. The zero-order valence-corrected chi connectivity index (χ0v) is 16.6. The fraction of sp³-hybridized carbons (Fsp3) is 0.348. The molecule has 1 fully saturated rings. The minimum absolute atomic E-state index is 0.0702. The van der Waals surface area contributed by atoms with E-state index in [0.717, 1.165) is 51.9 Å². The fourth-order valence-electron chi connectivity index (χ4n) is 4.12. The summed E-state index contributed by atoms with van der Waals surface area (Å²) in [5.41, 5.74) is 17.9. The maximum atomic E-state index is 12.9. The molecule has 1 aliphatic carbocycles. The zero-order valence-electron chi connectivity index (χ0n) is 16.6. The van der Waals surface area contributed by atoms with E-state index in [1.54, 1.807) is 0 Å². The first-order valence-electron chi connectivity index (χ1n) is 10.1. The molecule has 0 spiro atoms. The largest absolute Gasteiger partial charge is 0.399 e. The van der Waals surface area contributed by atoms with Gasteiger partial charge in [0.2, 0.25) is 0 Å². The molecule has 0 saturated heterocycles. The van der Waals surface area contributed by atoms with Gasteiger partial charge in [-0.05, 0) is 63.4 Å². The number of carbonyl (C=O) groups is 1. The van der Waals surface area contributed by atoms with Crippen molar-refractivity contribution in [3.05, 3.63) is 48.0 Å². The topological polar surface area (TPSA) is 77.3 Å². The Kier molecular flexibility index (Phi) is 4.75. The Hall–Kier alpha value is -2.95. The second-order valence-corrected chi connectivity index (χ2v) is 7.55. The SMILES string of the molecule is CCN(CC)C(=O)c1ccc2c(N)c(-c3ccc(N)cc3)n(C3CCC3)c2c1. The molecule has 0 bridgehead atoms. The van der Waals surface area contributed by atoms with E-state index < -0.39 is 0 Å². The van der Waals surface area contributed by atoms with Gasteiger partial charge in [-0.15, -0.1) is 0 Å². The highest BCUT2D eigenvalue weighted by molar-refractivity contribution is 6.05. The van der Waals surface area contributed by atoms with Crippen LogP contribution >= 0.6 is 0 Å². The highest BCUT2D eigenvalue weighted by Crippen LogP contribution is 2.44. The van der Waals surface area contributed by atoms with Crippen molar-refractivity contribution in [2.75, 3.05) is 24.6 Å². The van der Waals surface area contributed by atoms with Crippen LogP contribution in [0.25, 0.3) is 22.2 Å². The van der Waals surface area contributed by atoms with Gasteiger partial charge in [0, 0.05) is 41.3 Å². The van der Waals surface area contributed by atoms with Crippen LogP contribution in [-0.2, 0) is 0 Å². The average Bonchev–Trinajstić information content (AvgIpc) is 2.94. The third-order valence-corrected chi connectivity index (χ3v) is 5.97. The second-order valence-electron chi connectivity index (χ2n) is 7.55. The first-order chi connectivity index (χ1) is 13.5. The molecule has 0 unspecified atom stereocenters. The molecule has 0 atom stereocenters. The number of nitrogens with two attached hydrogens (primary N) is 2. The first kappa shape index (κ1) is 18.4. The van der Waals surface area contributed by atoms with E-state index >= 15 is 0 Å². The number of nitrogen functional groups attached to an aromatic ring is 2. The van der Waals surface area contributed by atoms with Crippen LogP contribution in [-0.4, -0.2) is 28.5 Å². The van der Waals surface area contributed by atoms with E-state index in [0.29, 0.717) is 19.1 Å². The van der Waals surface area contributed by atoms with Crippen molar-refractivity contribution in [3.63, 3.8) is 0 Å². The average molecular weight is 377 g/mol. The highest BCUT2D eigenvalue weighted by atomic mass is 16.2. The lowest BCUT2D eigenvalue weighted by Gasteiger charge is -2.30. The van der Waals surface area contributed by atoms with Gasteiger partial charge >= 0.3 is 0 Å². The fourth-order valence-corrected chi connectivity index (χ4v) is 4.12.